The molecular formula is C20H13NOS. The molecule has 4 rings (SSSR count). The molecule has 3 aromatic carbocycles. The average molecular weight is 315 g/mol. The van der Waals surface area contributed by atoms with Gasteiger partial charge in [0.2, 0.25) is 0 Å². The van der Waals surface area contributed by atoms with Gasteiger partial charge in [-0.05, 0) is 36.5 Å². The van der Waals surface area contributed by atoms with Gasteiger partial charge >= 0.3 is 0 Å². The third kappa shape index (κ3) is 2.56. The molecule has 0 spiro atoms. The average Bonchev–Trinajstić information content (AvgIpc) is 2.60. The largest absolute Gasteiger partial charge is 0.445 e. The van der Waals surface area contributed by atoms with Crippen LogP contribution in [0.5, 0.6) is 5.75 Å². The predicted octanol–water partition coefficient (Wildman–Crippen LogP) is 5.14. The van der Waals surface area contributed by atoms with Gasteiger partial charge in [-0.1, -0.05) is 54.6 Å². The number of hydrogen-bond donors (Lipinski definition) is 0. The van der Waals surface area contributed by atoms with Crippen molar-refractivity contribution in [2.75, 3.05) is 0 Å². The van der Waals surface area contributed by atoms with Gasteiger partial charge in [0.25, 0.3) is 0 Å². The lowest BCUT2D eigenvalue weighted by molar-refractivity contribution is 0.567. The van der Waals surface area contributed by atoms with E-state index in [9.17, 15) is 0 Å². The lowest BCUT2D eigenvalue weighted by Gasteiger charge is -2.12. The number of hydrogen-bond acceptors (Lipinski definition) is 3. The Bertz CT molecular complexity index is 958. The van der Waals surface area contributed by atoms with Gasteiger partial charge in [-0.15, -0.1) is 0 Å². The first-order valence-electron chi connectivity index (χ1n) is 7.37. The summed E-state index contributed by atoms with van der Waals surface area (Å²) in [6, 6.07) is 25.6. The molecule has 0 aliphatic rings. The molecule has 0 saturated heterocycles. The van der Waals surface area contributed by atoms with E-state index >= 15 is 0 Å². The van der Waals surface area contributed by atoms with Crippen LogP contribution in [0.25, 0.3) is 21.8 Å². The highest BCUT2D eigenvalue weighted by atomic mass is 32.1. The summed E-state index contributed by atoms with van der Waals surface area (Å²) in [4.78, 5) is 4.71. The number of benzene rings is 3. The summed E-state index contributed by atoms with van der Waals surface area (Å²) in [6.07, 6.45) is 0. The minimum absolute atomic E-state index is 0.464. The molecule has 0 aliphatic heterocycles. The fourth-order valence-electron chi connectivity index (χ4n) is 2.71. The molecule has 3 heteroatoms. The van der Waals surface area contributed by atoms with E-state index in [0.29, 0.717) is 5.05 Å². The Labute approximate surface area is 139 Å². The Kier molecular flexibility index (Phi) is 3.48. The number of nitrogens with zero attached hydrogens (tertiary/aromatic N) is 1. The molecule has 2 nitrogen and oxygen atoms in total. The Morgan fingerprint density at radius 3 is 1.83 bits per heavy atom. The summed E-state index contributed by atoms with van der Waals surface area (Å²) in [5, 5.41) is 2.48. The maximum Gasteiger partial charge on any atom is 0.199 e. The molecule has 4 aromatic rings. The van der Waals surface area contributed by atoms with Crippen LogP contribution in [0.3, 0.4) is 0 Å². The molecule has 0 aliphatic carbocycles. The summed E-state index contributed by atoms with van der Waals surface area (Å²) < 4.78 is 5.92. The normalized spacial score (nSPS) is 10.8. The fraction of sp³-hybridized carbons (Fsp3) is 0. The van der Waals surface area contributed by atoms with E-state index in [1.807, 2.05) is 78.9 Å². The van der Waals surface area contributed by atoms with Gasteiger partial charge in [0.1, 0.15) is 5.75 Å². The zero-order chi connectivity index (χ0) is 15.6. The van der Waals surface area contributed by atoms with Gasteiger partial charge < -0.3 is 4.74 Å². The van der Waals surface area contributed by atoms with Crippen LogP contribution >= 0.6 is 12.2 Å². The SMILES string of the molecule is S=C(Oc1ccccc1)c1c2ccccc2nc2ccccc12. The molecular weight excluding hydrogens is 302 g/mol. The Balaban J connectivity index is 1.94. The highest BCUT2D eigenvalue weighted by Crippen LogP contribution is 2.27. The molecule has 23 heavy (non-hydrogen) atoms. The zero-order valence-electron chi connectivity index (χ0n) is 12.3. The van der Waals surface area contributed by atoms with Crippen LogP contribution in [-0.2, 0) is 0 Å². The zero-order valence-corrected chi connectivity index (χ0v) is 13.1. The molecule has 0 radical (unpaired) electrons. The van der Waals surface area contributed by atoms with Crippen molar-refractivity contribution in [3.63, 3.8) is 0 Å². The number of rotatable bonds is 2. The van der Waals surface area contributed by atoms with E-state index in [2.05, 4.69) is 0 Å². The van der Waals surface area contributed by atoms with Crippen molar-refractivity contribution in [3.05, 3.63) is 84.4 Å². The summed E-state index contributed by atoms with van der Waals surface area (Å²) in [5.74, 6) is 0.738. The molecule has 1 heterocycles. The Morgan fingerprint density at radius 2 is 1.22 bits per heavy atom. The van der Waals surface area contributed by atoms with Crippen LogP contribution in [0.1, 0.15) is 5.56 Å². The van der Waals surface area contributed by atoms with Crippen LogP contribution in [-0.4, -0.2) is 10.0 Å². The molecule has 0 fully saturated rings. The summed E-state index contributed by atoms with van der Waals surface area (Å²) >= 11 is 5.61. The van der Waals surface area contributed by atoms with E-state index in [1.165, 1.54) is 0 Å². The van der Waals surface area contributed by atoms with Crippen LogP contribution in [0.4, 0.5) is 0 Å². The number of thiocarbonyl (C=S) groups is 1. The first-order chi connectivity index (χ1) is 11.3. The number of aromatic nitrogens is 1. The van der Waals surface area contributed by atoms with Crippen LogP contribution < -0.4 is 4.74 Å². The van der Waals surface area contributed by atoms with E-state index in [1.54, 1.807) is 0 Å². The monoisotopic (exact) mass is 315 g/mol. The summed E-state index contributed by atoms with van der Waals surface area (Å²) in [6.45, 7) is 0. The second-order valence-corrected chi connectivity index (χ2v) is 5.59. The van der Waals surface area contributed by atoms with Crippen molar-refractivity contribution in [1.29, 1.82) is 0 Å². The Hall–Kier alpha value is -2.78. The van der Waals surface area contributed by atoms with Crippen LogP contribution in [0, 0.1) is 0 Å². The smallest absolute Gasteiger partial charge is 0.199 e. The molecule has 0 amide bonds. The van der Waals surface area contributed by atoms with Crippen molar-refractivity contribution in [2.24, 2.45) is 0 Å². The first-order valence-corrected chi connectivity index (χ1v) is 7.78. The second kappa shape index (κ2) is 5.78. The fourth-order valence-corrected chi connectivity index (χ4v) is 3.02. The number of ether oxygens (including phenoxy) is 1. The number of para-hydroxylation sites is 3. The highest BCUT2D eigenvalue weighted by Gasteiger charge is 2.14. The van der Waals surface area contributed by atoms with Crippen molar-refractivity contribution >= 4 is 39.1 Å². The first kappa shape index (κ1) is 13.9. The molecule has 0 saturated carbocycles. The maximum absolute atomic E-state index is 5.92. The minimum Gasteiger partial charge on any atom is -0.445 e. The third-order valence-corrected chi connectivity index (χ3v) is 4.03. The van der Waals surface area contributed by atoms with Gasteiger partial charge in [-0.3, -0.25) is 0 Å². The standard InChI is InChI=1S/C20H13NOS/c23-20(22-14-8-2-1-3-9-14)19-15-10-4-6-12-17(15)21-18-13-7-5-11-16(18)19/h1-13H. The van der Waals surface area contributed by atoms with E-state index in [0.717, 1.165) is 33.1 Å². The maximum atomic E-state index is 5.92. The summed E-state index contributed by atoms with van der Waals surface area (Å²) in [5.41, 5.74) is 2.76. The van der Waals surface area contributed by atoms with E-state index in [-0.39, 0.29) is 0 Å². The van der Waals surface area contributed by atoms with E-state index in [4.69, 9.17) is 21.9 Å². The molecule has 0 atom stereocenters. The van der Waals surface area contributed by atoms with Crippen molar-refractivity contribution < 1.29 is 4.74 Å². The van der Waals surface area contributed by atoms with E-state index < -0.39 is 0 Å². The number of fused-ring (bicyclic) bond motifs is 2. The highest BCUT2D eigenvalue weighted by molar-refractivity contribution is 7.80. The lowest BCUT2D eigenvalue weighted by atomic mass is 10.0. The Morgan fingerprint density at radius 1 is 0.696 bits per heavy atom. The molecule has 0 unspecified atom stereocenters. The third-order valence-electron chi connectivity index (χ3n) is 3.75. The molecule has 1 aromatic heterocycles. The molecule has 0 bridgehead atoms. The lowest BCUT2D eigenvalue weighted by Crippen LogP contribution is -2.09. The minimum atomic E-state index is 0.464. The van der Waals surface area contributed by atoms with Gasteiger partial charge in [-0.2, -0.15) is 0 Å². The van der Waals surface area contributed by atoms with Crippen molar-refractivity contribution in [1.82, 2.24) is 4.98 Å². The predicted molar refractivity (Wildman–Crippen MR) is 98.0 cm³/mol. The second-order valence-electron chi connectivity index (χ2n) is 5.22. The van der Waals surface area contributed by atoms with Gasteiger partial charge in [0, 0.05) is 16.3 Å². The molecule has 110 valence electrons. The molecule has 0 N–H and O–H groups in total. The summed E-state index contributed by atoms with van der Waals surface area (Å²) in [7, 11) is 0. The van der Waals surface area contributed by atoms with Gasteiger partial charge in [0.05, 0.1) is 11.0 Å². The number of pyridine rings is 1. The topological polar surface area (TPSA) is 22.1 Å². The quantitative estimate of drug-likeness (QED) is 0.377. The van der Waals surface area contributed by atoms with Gasteiger partial charge in [0.15, 0.2) is 5.05 Å². The van der Waals surface area contributed by atoms with Crippen LogP contribution in [0.15, 0.2) is 78.9 Å². The van der Waals surface area contributed by atoms with Crippen molar-refractivity contribution in [2.45, 2.75) is 0 Å². The van der Waals surface area contributed by atoms with Gasteiger partial charge in [-0.25, -0.2) is 4.98 Å². The van der Waals surface area contributed by atoms with Crippen LogP contribution in [0.2, 0.25) is 0 Å². The van der Waals surface area contributed by atoms with Crippen molar-refractivity contribution in [3.8, 4) is 5.75 Å².